The van der Waals surface area contributed by atoms with E-state index in [2.05, 4.69) is 17.6 Å². The molecule has 0 atom stereocenters. The first-order chi connectivity index (χ1) is 6.95. The van der Waals surface area contributed by atoms with Gasteiger partial charge in [0.25, 0.3) is 0 Å². The van der Waals surface area contributed by atoms with Crippen LogP contribution in [0.1, 0.15) is 11.1 Å². The van der Waals surface area contributed by atoms with Gasteiger partial charge >= 0.3 is 6.18 Å². The van der Waals surface area contributed by atoms with Crippen molar-refractivity contribution in [2.24, 2.45) is 0 Å². The molecular weight excluding hydrogens is 247 g/mol. The lowest BCUT2D eigenvalue weighted by molar-refractivity contribution is -0.137. The molecule has 1 aromatic rings. The molecule has 0 aliphatic rings. The second-order valence-electron chi connectivity index (χ2n) is 2.68. The summed E-state index contributed by atoms with van der Waals surface area (Å²) in [5, 5.41) is 0.0295. The Morgan fingerprint density at radius 2 is 2.13 bits per heavy atom. The van der Waals surface area contributed by atoms with Crippen molar-refractivity contribution < 1.29 is 13.2 Å². The second kappa shape index (κ2) is 4.90. The zero-order chi connectivity index (χ0) is 11.5. The highest BCUT2D eigenvalue weighted by Crippen LogP contribution is 2.32. The number of thiol groups is 1. The van der Waals surface area contributed by atoms with Gasteiger partial charge in [0.2, 0.25) is 0 Å². The van der Waals surface area contributed by atoms with Gasteiger partial charge in [-0.15, -0.1) is 0 Å². The maximum absolute atomic E-state index is 12.5. The Balaban J connectivity index is 3.21. The summed E-state index contributed by atoms with van der Waals surface area (Å²) >= 11 is 9.38. The summed E-state index contributed by atoms with van der Waals surface area (Å²) in [7, 11) is 0. The Hall–Kier alpha value is -0.680. The van der Waals surface area contributed by atoms with E-state index in [4.69, 9.17) is 11.6 Å². The predicted octanol–water partition coefficient (Wildman–Crippen LogP) is 3.70. The lowest BCUT2D eigenvalue weighted by Gasteiger charge is -2.09. The summed E-state index contributed by atoms with van der Waals surface area (Å²) in [6, 6.07) is 1.17. The number of pyridine rings is 1. The van der Waals surface area contributed by atoms with Gasteiger partial charge in [-0.3, -0.25) is 0 Å². The Morgan fingerprint density at radius 3 is 2.67 bits per heavy atom. The zero-order valence-electron chi connectivity index (χ0n) is 7.42. The number of alkyl halides is 3. The quantitative estimate of drug-likeness (QED) is 0.626. The fourth-order valence-corrected chi connectivity index (χ4v) is 1.27. The van der Waals surface area contributed by atoms with E-state index >= 15 is 0 Å². The van der Waals surface area contributed by atoms with Gasteiger partial charge in [0, 0.05) is 11.9 Å². The van der Waals surface area contributed by atoms with Crippen molar-refractivity contribution in [1.82, 2.24) is 4.98 Å². The highest BCUT2D eigenvalue weighted by Gasteiger charge is 2.33. The summed E-state index contributed by atoms with van der Waals surface area (Å²) in [5.41, 5.74) is -0.804. The molecule has 0 aliphatic heterocycles. The number of nitrogens with zero attached hydrogens (tertiary/aromatic N) is 1. The molecule has 0 bridgehead atoms. The molecule has 0 saturated carbocycles. The standard InChI is InChI=1S/C9H7ClF3NS/c10-8-4-6(2-1-3-15)7(5-14-8)9(11,12)13/h1-2,4-5,15H,3H2. The third kappa shape index (κ3) is 3.43. The first-order valence-corrected chi connectivity index (χ1v) is 4.96. The van der Waals surface area contributed by atoms with Crippen molar-refractivity contribution in [3.05, 3.63) is 34.6 Å². The van der Waals surface area contributed by atoms with E-state index in [0.717, 1.165) is 6.20 Å². The van der Waals surface area contributed by atoms with Crippen LogP contribution in [0.3, 0.4) is 0 Å². The van der Waals surface area contributed by atoms with Crippen LogP contribution < -0.4 is 0 Å². The van der Waals surface area contributed by atoms with E-state index < -0.39 is 11.7 Å². The first-order valence-electron chi connectivity index (χ1n) is 3.95. The van der Waals surface area contributed by atoms with Crippen molar-refractivity contribution >= 4 is 30.3 Å². The second-order valence-corrected chi connectivity index (χ2v) is 3.43. The minimum Gasteiger partial charge on any atom is -0.244 e. The van der Waals surface area contributed by atoms with Crippen LogP contribution in [0.5, 0.6) is 0 Å². The number of halogens is 4. The molecule has 0 aromatic carbocycles. The molecule has 1 rings (SSSR count). The van der Waals surface area contributed by atoms with Gasteiger partial charge in [0.15, 0.2) is 0 Å². The van der Waals surface area contributed by atoms with E-state index in [1.807, 2.05) is 0 Å². The van der Waals surface area contributed by atoms with Gasteiger partial charge in [0.1, 0.15) is 5.15 Å². The van der Waals surface area contributed by atoms with E-state index in [-0.39, 0.29) is 10.7 Å². The van der Waals surface area contributed by atoms with Crippen LogP contribution >= 0.6 is 24.2 Å². The van der Waals surface area contributed by atoms with Crippen LogP contribution in [-0.2, 0) is 6.18 Å². The molecule has 0 aliphatic carbocycles. The van der Waals surface area contributed by atoms with Gasteiger partial charge in [-0.05, 0) is 11.6 Å². The maximum Gasteiger partial charge on any atom is 0.418 e. The lowest BCUT2D eigenvalue weighted by Crippen LogP contribution is -2.08. The number of hydrogen-bond donors (Lipinski definition) is 1. The number of hydrogen-bond acceptors (Lipinski definition) is 2. The summed E-state index contributed by atoms with van der Waals surface area (Å²) in [6.07, 6.45) is -0.873. The molecule has 0 amide bonds. The van der Waals surface area contributed by atoms with E-state index in [9.17, 15) is 13.2 Å². The Labute approximate surface area is 95.4 Å². The third-order valence-corrected chi connectivity index (χ3v) is 2.03. The smallest absolute Gasteiger partial charge is 0.244 e. The van der Waals surface area contributed by atoms with Crippen molar-refractivity contribution in [1.29, 1.82) is 0 Å². The van der Waals surface area contributed by atoms with Crippen molar-refractivity contribution in [2.45, 2.75) is 6.18 Å². The van der Waals surface area contributed by atoms with Gasteiger partial charge in [-0.25, -0.2) is 4.98 Å². The van der Waals surface area contributed by atoms with Crippen LogP contribution in [0, 0.1) is 0 Å². The maximum atomic E-state index is 12.5. The molecular formula is C9H7ClF3NS. The van der Waals surface area contributed by atoms with Crippen LogP contribution in [0.4, 0.5) is 13.2 Å². The molecule has 1 aromatic heterocycles. The molecule has 15 heavy (non-hydrogen) atoms. The van der Waals surface area contributed by atoms with Crippen molar-refractivity contribution in [3.63, 3.8) is 0 Å². The summed E-state index contributed by atoms with van der Waals surface area (Å²) < 4.78 is 37.4. The molecule has 0 saturated heterocycles. The molecule has 6 heteroatoms. The molecule has 1 nitrogen and oxygen atoms in total. The number of aromatic nitrogens is 1. The van der Waals surface area contributed by atoms with Crippen LogP contribution in [0.15, 0.2) is 18.3 Å². The minimum absolute atomic E-state index is 0.00319. The van der Waals surface area contributed by atoms with E-state index in [1.165, 1.54) is 18.2 Å². The highest BCUT2D eigenvalue weighted by molar-refractivity contribution is 7.80. The largest absolute Gasteiger partial charge is 0.418 e. The van der Waals surface area contributed by atoms with Gasteiger partial charge in [0.05, 0.1) is 5.56 Å². The monoisotopic (exact) mass is 253 g/mol. The molecule has 0 spiro atoms. The van der Waals surface area contributed by atoms with Gasteiger partial charge in [-0.1, -0.05) is 23.8 Å². The van der Waals surface area contributed by atoms with E-state index in [1.54, 1.807) is 0 Å². The molecule has 0 fully saturated rings. The predicted molar refractivity (Wildman–Crippen MR) is 57.1 cm³/mol. The summed E-state index contributed by atoms with van der Waals surface area (Å²) in [4.78, 5) is 3.41. The SMILES string of the molecule is FC(F)(F)c1cnc(Cl)cc1C=CCS. The van der Waals surface area contributed by atoms with Gasteiger partial charge < -0.3 is 0 Å². The van der Waals surface area contributed by atoms with Crippen LogP contribution in [0.2, 0.25) is 5.15 Å². The molecule has 0 N–H and O–H groups in total. The Morgan fingerprint density at radius 1 is 1.47 bits per heavy atom. The molecule has 0 radical (unpaired) electrons. The molecule has 0 unspecified atom stereocenters. The average molecular weight is 254 g/mol. The topological polar surface area (TPSA) is 12.9 Å². The average Bonchev–Trinajstić information content (AvgIpc) is 2.12. The minimum atomic E-state index is -4.42. The Kier molecular flexibility index (Phi) is 4.04. The molecule has 1 heterocycles. The fraction of sp³-hybridized carbons (Fsp3) is 0.222. The fourth-order valence-electron chi connectivity index (χ4n) is 0.999. The van der Waals surface area contributed by atoms with Crippen LogP contribution in [-0.4, -0.2) is 10.7 Å². The third-order valence-electron chi connectivity index (χ3n) is 1.61. The zero-order valence-corrected chi connectivity index (χ0v) is 9.07. The summed E-state index contributed by atoms with van der Waals surface area (Å²) in [5.74, 6) is 0.358. The summed E-state index contributed by atoms with van der Waals surface area (Å²) in [6.45, 7) is 0. The first kappa shape index (κ1) is 12.4. The highest BCUT2D eigenvalue weighted by atomic mass is 35.5. The van der Waals surface area contributed by atoms with Gasteiger partial charge in [-0.2, -0.15) is 25.8 Å². The van der Waals surface area contributed by atoms with Crippen molar-refractivity contribution in [2.75, 3.05) is 5.75 Å². The molecule has 82 valence electrons. The lowest BCUT2D eigenvalue weighted by atomic mass is 10.1. The number of rotatable bonds is 2. The Bertz CT molecular complexity index is 376. The normalized spacial score (nSPS) is 12.3. The van der Waals surface area contributed by atoms with Crippen LogP contribution in [0.25, 0.3) is 6.08 Å². The van der Waals surface area contributed by atoms with E-state index in [0.29, 0.717) is 5.75 Å². The van der Waals surface area contributed by atoms with Crippen molar-refractivity contribution in [3.8, 4) is 0 Å².